The van der Waals surface area contributed by atoms with Crippen LogP contribution in [0.4, 0.5) is 0 Å². The minimum absolute atomic E-state index is 0.0930. The van der Waals surface area contributed by atoms with Crippen molar-refractivity contribution >= 4 is 70.6 Å². The largest absolute Gasteiger partial charge is 0.384 e. The zero-order chi connectivity index (χ0) is 70.9. The topological polar surface area (TPSA) is 42.0 Å². The summed E-state index contributed by atoms with van der Waals surface area (Å²) in [6.45, 7) is 29.0. The molecule has 0 radical (unpaired) electrons. The molecule has 2 aliphatic heterocycles. The van der Waals surface area contributed by atoms with Crippen LogP contribution in [-0.2, 0) is 0 Å². The molecule has 13 aromatic rings. The molecule has 0 aliphatic carbocycles. The van der Waals surface area contributed by atoms with E-state index in [1.54, 1.807) is 0 Å². The first-order valence-electron chi connectivity index (χ1n) is 35.8. The van der Waals surface area contributed by atoms with E-state index in [1.165, 1.54) is 82.2 Å². The summed E-state index contributed by atoms with van der Waals surface area (Å²) in [5.74, 6) is 0. The number of alkyl halides is 1. The van der Waals surface area contributed by atoms with Crippen molar-refractivity contribution in [3.05, 3.63) is 381 Å². The van der Waals surface area contributed by atoms with Gasteiger partial charge in [0.2, 0.25) is 0 Å². The van der Waals surface area contributed by atoms with Gasteiger partial charge >= 0.3 is 0 Å². The van der Waals surface area contributed by atoms with Gasteiger partial charge in [-0.1, -0.05) is 305 Å². The van der Waals surface area contributed by atoms with E-state index in [0.29, 0.717) is 30.2 Å². The lowest BCUT2D eigenvalue weighted by Crippen LogP contribution is -2.57. The Bertz CT molecular complexity index is 4730. The van der Waals surface area contributed by atoms with Gasteiger partial charge in [-0.25, -0.2) is 0 Å². The molecule has 101 heavy (non-hydrogen) atoms. The zero-order valence-corrected chi connectivity index (χ0v) is 62.5. The molecule has 514 valence electrons. The van der Waals surface area contributed by atoms with Gasteiger partial charge in [0.15, 0.2) is 0 Å². The quantitative estimate of drug-likeness (QED) is 0.0943. The highest BCUT2D eigenvalue weighted by molar-refractivity contribution is 9.10. The number of hydrogen-bond donors (Lipinski definition) is 2. The minimum atomic E-state index is -0.565. The lowest BCUT2D eigenvalue weighted by molar-refractivity contribution is 0.0307. The average Bonchev–Trinajstić information content (AvgIpc) is 0.787. The molecule has 2 heterocycles. The molecule has 4 unspecified atom stereocenters. The third kappa shape index (κ3) is 19.4. The smallest absolute Gasteiger partial charge is 0.104 e. The van der Waals surface area contributed by atoms with Crippen LogP contribution in [0.15, 0.2) is 308 Å². The van der Waals surface area contributed by atoms with Gasteiger partial charge in [0.05, 0.1) is 17.5 Å². The van der Waals surface area contributed by atoms with Crippen molar-refractivity contribution in [2.45, 2.75) is 110 Å². The van der Waals surface area contributed by atoms with Crippen molar-refractivity contribution in [1.82, 2.24) is 20.0 Å². The van der Waals surface area contributed by atoms with Gasteiger partial charge in [0.25, 0.3) is 0 Å². The summed E-state index contributed by atoms with van der Waals surface area (Å²) in [6, 6.07) is 106. The lowest BCUT2D eigenvalue weighted by Gasteiger charge is -2.47. The van der Waals surface area contributed by atoms with E-state index in [9.17, 15) is 5.11 Å². The first kappa shape index (κ1) is 73.4. The number of nitrogens with zero attached hydrogens (tertiary/aromatic N) is 3. The van der Waals surface area contributed by atoms with Gasteiger partial charge in [0, 0.05) is 61.4 Å². The highest BCUT2D eigenvalue weighted by Gasteiger charge is 2.35. The number of nitrogens with one attached hydrogen (secondary N) is 1. The highest BCUT2D eigenvalue weighted by atomic mass is 79.9. The zero-order valence-electron chi connectivity index (χ0n) is 60.2. The lowest BCUT2D eigenvalue weighted by atomic mass is 9.91. The fourth-order valence-electron chi connectivity index (χ4n) is 14.4. The molecule has 2 aliphatic rings. The molecule has 8 atom stereocenters. The van der Waals surface area contributed by atoms with Crippen LogP contribution < -0.4 is 5.32 Å². The highest BCUT2D eigenvalue weighted by Crippen LogP contribution is 2.38. The number of fused-ring (bicyclic) bond motifs is 4. The van der Waals surface area contributed by atoms with E-state index in [4.69, 9.17) is 11.6 Å². The number of hydrogen-bond acceptors (Lipinski definition) is 5. The summed E-state index contributed by atoms with van der Waals surface area (Å²) < 4.78 is 1.15. The summed E-state index contributed by atoms with van der Waals surface area (Å²) >= 11 is 9.97. The van der Waals surface area contributed by atoms with Crippen LogP contribution in [0.1, 0.15) is 124 Å². The van der Waals surface area contributed by atoms with Crippen LogP contribution in [0.5, 0.6) is 0 Å². The van der Waals surface area contributed by atoms with Crippen molar-refractivity contribution in [2.24, 2.45) is 0 Å². The molecule has 7 heteroatoms. The first-order valence-corrected chi connectivity index (χ1v) is 37.0. The molecule has 2 saturated heterocycles. The minimum Gasteiger partial charge on any atom is -0.384 e. The second kappa shape index (κ2) is 35.2. The van der Waals surface area contributed by atoms with Crippen molar-refractivity contribution in [3.63, 3.8) is 0 Å². The van der Waals surface area contributed by atoms with E-state index < -0.39 is 6.10 Å². The van der Waals surface area contributed by atoms with Gasteiger partial charge in [-0.2, -0.15) is 0 Å². The Balaban J connectivity index is 0.000000132. The summed E-state index contributed by atoms with van der Waals surface area (Å²) in [6.07, 6.45) is 1.46. The Hall–Kier alpha value is -8.79. The molecule has 2 N–H and O–H groups in total. The molecule has 0 spiro atoms. The van der Waals surface area contributed by atoms with Crippen LogP contribution in [0.2, 0.25) is 0 Å². The van der Waals surface area contributed by atoms with Gasteiger partial charge in [0.1, 0.15) is 6.10 Å². The van der Waals surface area contributed by atoms with E-state index in [-0.39, 0.29) is 11.4 Å². The van der Waals surface area contributed by atoms with Gasteiger partial charge in [-0.3, -0.25) is 14.7 Å². The number of piperazine rings is 2. The molecular formula is C94H98BrClN4O. The van der Waals surface area contributed by atoms with E-state index in [0.717, 1.165) is 70.4 Å². The maximum absolute atomic E-state index is 10.5. The summed E-state index contributed by atoms with van der Waals surface area (Å²) in [7, 11) is 0. The third-order valence-electron chi connectivity index (χ3n) is 19.7. The van der Waals surface area contributed by atoms with Crippen LogP contribution in [0, 0.1) is 34.6 Å². The summed E-state index contributed by atoms with van der Waals surface area (Å²) in [5, 5.41) is 24.1. The van der Waals surface area contributed by atoms with E-state index in [2.05, 4.69) is 335 Å². The third-order valence-corrected chi connectivity index (χ3v) is 20.7. The first-order chi connectivity index (χ1) is 48.9. The number of aliphatic hydroxyl groups is 1. The molecule has 0 aromatic heterocycles. The number of aliphatic hydroxyl groups excluding tert-OH is 1. The molecule has 0 amide bonds. The van der Waals surface area contributed by atoms with Gasteiger partial charge in [-0.15, -0.1) is 18.2 Å². The fraction of sp³-hybridized carbons (Fsp3) is 0.234. The van der Waals surface area contributed by atoms with Gasteiger partial charge in [-0.05, 0) is 186 Å². The number of aryl methyl sites for hydroxylation is 5. The molecule has 15 rings (SSSR count). The van der Waals surface area contributed by atoms with Crippen molar-refractivity contribution < 1.29 is 5.11 Å². The Morgan fingerprint density at radius 2 is 0.723 bits per heavy atom. The Kier molecular flexibility index (Phi) is 25.6. The van der Waals surface area contributed by atoms with Crippen molar-refractivity contribution in [3.8, 4) is 0 Å². The van der Waals surface area contributed by atoms with Crippen LogP contribution >= 0.6 is 27.5 Å². The Morgan fingerprint density at radius 3 is 1.16 bits per heavy atom. The molecule has 13 aromatic carbocycles. The monoisotopic (exact) mass is 1410 g/mol. The molecule has 0 bridgehead atoms. The predicted octanol–water partition coefficient (Wildman–Crippen LogP) is 23.2. The standard InChI is InChI=1S/C27H32N2.C24H28N2.C18H15Cl.C18H16O.C7H7Br/c1-5-15-28-18-22(4)29(19-21(28)3)27(25-12-8-9-20(2)16-25)26-14-13-23-10-6-7-11-24(23)17-26;1-17-7-6-10-22(13-17)24(26-16-18(2)25-15-19(26)3)23-12-11-20-8-4-5-9-21(20)14-23;2*1-13-5-4-8-16(11-13)18(19)17-10-9-14-6-2-3-7-15(14)12-17;1-6-3-2-4-7(8)5-6/h5-14,16-17,21-22,27H,1,15,18-19H2,2-4H3;4-14,18-19,24-25H,15-16H2,1-3H3;2-12,18H,1H3;2-12,18-19H,1H3;2-5H,1H3/t21-,22+,27?;18-,19+,24?;;;/m11.../s1. The van der Waals surface area contributed by atoms with Crippen LogP contribution in [-0.4, -0.2) is 76.7 Å². The molecular weight excluding hydrogens is 1320 g/mol. The second-order valence-corrected chi connectivity index (χ2v) is 29.3. The second-order valence-electron chi connectivity index (χ2n) is 27.9. The number of benzene rings is 13. The summed E-state index contributed by atoms with van der Waals surface area (Å²) in [4.78, 5) is 7.91. The maximum atomic E-state index is 10.5. The SMILES string of the molecule is C=CCN1C[C@H](C)N(C(c2cccc(C)c2)c2ccc3ccccc3c2)C[C@H]1C.Cc1cccc(Br)c1.Cc1cccc(C(Cl)c2ccc3ccccc3c2)c1.Cc1cccc(C(O)c2ccc3ccccc3c2)c1.Cc1cccc(C(c2ccc3ccccc3c2)N2C[C@@H](C)NC[C@@H]2C)c1. The molecule has 0 saturated carbocycles. The average molecular weight is 1420 g/mol. The number of halogens is 2. The normalized spacial score (nSPS) is 17.5. The van der Waals surface area contributed by atoms with Crippen molar-refractivity contribution in [2.75, 3.05) is 32.7 Å². The van der Waals surface area contributed by atoms with Crippen molar-refractivity contribution in [1.29, 1.82) is 0 Å². The van der Waals surface area contributed by atoms with Crippen LogP contribution in [0.25, 0.3) is 43.1 Å². The Labute approximate surface area is 614 Å². The van der Waals surface area contributed by atoms with E-state index in [1.807, 2.05) is 67.6 Å². The van der Waals surface area contributed by atoms with E-state index >= 15 is 0 Å². The summed E-state index contributed by atoms with van der Waals surface area (Å²) in [5.41, 5.74) is 16.0. The number of rotatable bonds is 12. The van der Waals surface area contributed by atoms with Crippen LogP contribution in [0.3, 0.4) is 0 Å². The Morgan fingerprint density at radius 1 is 0.386 bits per heavy atom. The van der Waals surface area contributed by atoms with Gasteiger partial charge < -0.3 is 10.4 Å². The fourth-order valence-corrected chi connectivity index (χ4v) is 15.2. The molecule has 5 nitrogen and oxygen atoms in total. The maximum Gasteiger partial charge on any atom is 0.104 e. The molecule has 2 fully saturated rings. The predicted molar refractivity (Wildman–Crippen MR) is 436 cm³/mol.